The molecule has 3 rings (SSSR count). The van der Waals surface area contributed by atoms with E-state index in [9.17, 15) is 0 Å². The SMILES string of the molecule is C[C@@H]1CN(C)[C@@H](C)C[C@@H]1NCCc1ccc2c(c1)OCO2. The molecule has 1 N–H and O–H groups in total. The molecule has 1 aromatic rings. The molecule has 1 fully saturated rings. The van der Waals surface area contributed by atoms with Gasteiger partial charge in [0.15, 0.2) is 11.5 Å². The highest BCUT2D eigenvalue weighted by Gasteiger charge is 2.28. The zero-order chi connectivity index (χ0) is 14.8. The van der Waals surface area contributed by atoms with Gasteiger partial charge in [-0.1, -0.05) is 13.0 Å². The molecule has 2 aliphatic heterocycles. The maximum Gasteiger partial charge on any atom is 0.231 e. The van der Waals surface area contributed by atoms with Gasteiger partial charge < -0.3 is 19.7 Å². The summed E-state index contributed by atoms with van der Waals surface area (Å²) in [6, 6.07) is 7.55. The quantitative estimate of drug-likeness (QED) is 0.922. The van der Waals surface area contributed by atoms with Crippen molar-refractivity contribution in [1.82, 2.24) is 10.2 Å². The lowest BCUT2D eigenvalue weighted by molar-refractivity contribution is 0.122. The van der Waals surface area contributed by atoms with Crippen LogP contribution < -0.4 is 14.8 Å². The van der Waals surface area contributed by atoms with Crippen LogP contribution in [-0.2, 0) is 6.42 Å². The van der Waals surface area contributed by atoms with Gasteiger partial charge in [-0.15, -0.1) is 0 Å². The molecule has 4 heteroatoms. The monoisotopic (exact) mass is 290 g/mol. The third-order valence-corrected chi connectivity index (χ3v) is 4.87. The fourth-order valence-electron chi connectivity index (χ4n) is 3.32. The van der Waals surface area contributed by atoms with Crippen LogP contribution in [0.1, 0.15) is 25.8 Å². The molecule has 2 heterocycles. The Kier molecular flexibility index (Phi) is 4.36. The van der Waals surface area contributed by atoms with E-state index in [1.165, 1.54) is 18.5 Å². The minimum atomic E-state index is 0.349. The van der Waals surface area contributed by atoms with Crippen LogP contribution in [0.25, 0.3) is 0 Å². The van der Waals surface area contributed by atoms with Crippen LogP contribution >= 0.6 is 0 Å². The first-order valence-corrected chi connectivity index (χ1v) is 7.95. The lowest BCUT2D eigenvalue weighted by Gasteiger charge is -2.40. The van der Waals surface area contributed by atoms with Crippen molar-refractivity contribution in [2.45, 2.75) is 38.8 Å². The van der Waals surface area contributed by atoms with Crippen LogP contribution in [0.3, 0.4) is 0 Å². The first-order chi connectivity index (χ1) is 10.1. The zero-order valence-electron chi connectivity index (χ0n) is 13.3. The Morgan fingerprint density at radius 3 is 2.90 bits per heavy atom. The summed E-state index contributed by atoms with van der Waals surface area (Å²) in [7, 11) is 2.23. The Hall–Kier alpha value is -1.26. The highest BCUT2D eigenvalue weighted by molar-refractivity contribution is 5.44. The maximum atomic E-state index is 5.43. The molecule has 116 valence electrons. The minimum Gasteiger partial charge on any atom is -0.454 e. The first kappa shape index (κ1) is 14.7. The van der Waals surface area contributed by atoms with Gasteiger partial charge >= 0.3 is 0 Å². The van der Waals surface area contributed by atoms with Gasteiger partial charge in [-0.3, -0.25) is 0 Å². The molecule has 0 bridgehead atoms. The van der Waals surface area contributed by atoms with Crippen LogP contribution in [0.4, 0.5) is 0 Å². The van der Waals surface area contributed by atoms with E-state index < -0.39 is 0 Å². The molecule has 0 radical (unpaired) electrons. The Morgan fingerprint density at radius 1 is 1.24 bits per heavy atom. The number of fused-ring (bicyclic) bond motifs is 1. The van der Waals surface area contributed by atoms with Crippen molar-refractivity contribution in [2.24, 2.45) is 5.92 Å². The van der Waals surface area contributed by atoms with Crippen molar-refractivity contribution in [1.29, 1.82) is 0 Å². The summed E-state index contributed by atoms with van der Waals surface area (Å²) in [4.78, 5) is 2.46. The van der Waals surface area contributed by atoms with Crippen molar-refractivity contribution >= 4 is 0 Å². The molecule has 0 unspecified atom stereocenters. The molecule has 0 saturated carbocycles. The van der Waals surface area contributed by atoms with E-state index in [4.69, 9.17) is 9.47 Å². The summed E-state index contributed by atoms with van der Waals surface area (Å²) in [5.74, 6) is 2.46. The van der Waals surface area contributed by atoms with Crippen molar-refractivity contribution in [3.8, 4) is 11.5 Å². The third-order valence-electron chi connectivity index (χ3n) is 4.87. The summed E-state index contributed by atoms with van der Waals surface area (Å²) >= 11 is 0. The molecule has 4 nitrogen and oxygen atoms in total. The number of nitrogens with zero attached hydrogens (tertiary/aromatic N) is 1. The third kappa shape index (κ3) is 3.33. The van der Waals surface area contributed by atoms with Crippen molar-refractivity contribution in [3.63, 3.8) is 0 Å². The van der Waals surface area contributed by atoms with Crippen LogP contribution in [0.2, 0.25) is 0 Å². The molecule has 21 heavy (non-hydrogen) atoms. The normalized spacial score (nSPS) is 28.8. The van der Waals surface area contributed by atoms with E-state index in [0.717, 1.165) is 24.5 Å². The van der Waals surface area contributed by atoms with Gasteiger partial charge in [-0.25, -0.2) is 0 Å². The molecular formula is C17H26N2O2. The summed E-state index contributed by atoms with van der Waals surface area (Å²) in [5, 5.41) is 3.74. The van der Waals surface area contributed by atoms with E-state index in [1.807, 2.05) is 6.07 Å². The predicted molar refractivity (Wildman–Crippen MR) is 83.9 cm³/mol. The van der Waals surface area contributed by atoms with Gasteiger partial charge in [0.05, 0.1) is 0 Å². The average molecular weight is 290 g/mol. The molecule has 0 aromatic heterocycles. The maximum absolute atomic E-state index is 5.43. The standard InChI is InChI=1S/C17H26N2O2/c1-12-10-19(3)13(2)8-15(12)18-7-6-14-4-5-16-17(9-14)21-11-20-16/h4-5,9,12-13,15,18H,6-8,10-11H2,1-3H3/t12-,13+,15+/m1/s1. The number of nitrogens with one attached hydrogen (secondary N) is 1. The van der Waals surface area contributed by atoms with E-state index in [1.54, 1.807) is 0 Å². The highest BCUT2D eigenvalue weighted by Crippen LogP contribution is 2.32. The fraction of sp³-hybridized carbons (Fsp3) is 0.647. The predicted octanol–water partition coefficient (Wildman–Crippen LogP) is 2.28. The summed E-state index contributed by atoms with van der Waals surface area (Å²) in [6.45, 7) is 7.22. The molecular weight excluding hydrogens is 264 g/mol. The molecule has 3 atom stereocenters. The number of hydrogen-bond acceptors (Lipinski definition) is 4. The van der Waals surface area contributed by atoms with Crippen molar-refractivity contribution < 1.29 is 9.47 Å². The van der Waals surface area contributed by atoms with Gasteiger partial charge in [-0.05, 0) is 57.0 Å². The second-order valence-electron chi connectivity index (χ2n) is 6.50. The summed E-state index contributed by atoms with van der Waals surface area (Å²) in [5.41, 5.74) is 1.31. The second kappa shape index (κ2) is 6.24. The molecule has 0 amide bonds. The van der Waals surface area contributed by atoms with E-state index >= 15 is 0 Å². The number of ether oxygens (including phenoxy) is 2. The summed E-state index contributed by atoms with van der Waals surface area (Å²) in [6.07, 6.45) is 2.27. The molecule has 0 spiro atoms. The number of piperidine rings is 1. The molecule has 1 saturated heterocycles. The number of likely N-dealkylation sites (tertiary alicyclic amines) is 1. The fourth-order valence-corrected chi connectivity index (χ4v) is 3.32. The number of benzene rings is 1. The van der Waals surface area contributed by atoms with Crippen molar-refractivity contribution in [3.05, 3.63) is 23.8 Å². The van der Waals surface area contributed by atoms with Crippen molar-refractivity contribution in [2.75, 3.05) is 26.9 Å². The Balaban J connectivity index is 1.49. The molecule has 1 aromatic carbocycles. The van der Waals surface area contributed by atoms with E-state index in [0.29, 0.717) is 24.8 Å². The lowest BCUT2D eigenvalue weighted by Crippen LogP contribution is -2.51. The minimum absolute atomic E-state index is 0.349. The van der Waals surface area contributed by atoms with Gasteiger partial charge in [-0.2, -0.15) is 0 Å². The van der Waals surface area contributed by atoms with Crippen LogP contribution in [0.15, 0.2) is 18.2 Å². The lowest BCUT2D eigenvalue weighted by atomic mass is 9.90. The largest absolute Gasteiger partial charge is 0.454 e. The molecule has 2 aliphatic rings. The Labute approximate surface area is 127 Å². The van der Waals surface area contributed by atoms with E-state index in [-0.39, 0.29) is 0 Å². The van der Waals surface area contributed by atoms with Gasteiger partial charge in [0.25, 0.3) is 0 Å². The zero-order valence-corrected chi connectivity index (χ0v) is 13.3. The molecule has 0 aliphatic carbocycles. The number of hydrogen-bond donors (Lipinski definition) is 1. The van der Waals surface area contributed by atoms with Gasteiger partial charge in [0.1, 0.15) is 0 Å². The van der Waals surface area contributed by atoms with Crippen LogP contribution in [-0.4, -0.2) is 43.9 Å². The average Bonchev–Trinajstić information content (AvgIpc) is 2.92. The van der Waals surface area contributed by atoms with Crippen LogP contribution in [0, 0.1) is 5.92 Å². The van der Waals surface area contributed by atoms with Crippen LogP contribution in [0.5, 0.6) is 11.5 Å². The second-order valence-corrected chi connectivity index (χ2v) is 6.50. The first-order valence-electron chi connectivity index (χ1n) is 7.95. The Morgan fingerprint density at radius 2 is 2.05 bits per heavy atom. The smallest absolute Gasteiger partial charge is 0.231 e. The Bertz CT molecular complexity index is 492. The summed E-state index contributed by atoms with van der Waals surface area (Å²) < 4.78 is 10.8. The topological polar surface area (TPSA) is 33.7 Å². The highest BCUT2D eigenvalue weighted by atomic mass is 16.7. The van der Waals surface area contributed by atoms with E-state index in [2.05, 4.69) is 43.2 Å². The van der Waals surface area contributed by atoms with Gasteiger partial charge in [0, 0.05) is 18.6 Å². The van der Waals surface area contributed by atoms with Gasteiger partial charge in [0.2, 0.25) is 6.79 Å². The number of rotatable bonds is 4.